The smallest absolute Gasteiger partial charge is 0.315 e. The van der Waals surface area contributed by atoms with Crippen LogP contribution in [0.5, 0.6) is 0 Å². The molecule has 0 saturated carbocycles. The molecule has 0 aromatic heterocycles. The van der Waals surface area contributed by atoms with Gasteiger partial charge in [-0.25, -0.2) is 4.79 Å². The first-order valence-electron chi connectivity index (χ1n) is 5.44. The number of carbonyl (C=O) groups is 1. The highest BCUT2D eigenvalue weighted by Gasteiger charge is 2.06. The number of nitrogens with one attached hydrogen (secondary N) is 2. The minimum Gasteiger partial charge on any atom is -0.337 e. The van der Waals surface area contributed by atoms with Gasteiger partial charge in [0.1, 0.15) is 0 Å². The van der Waals surface area contributed by atoms with E-state index in [2.05, 4.69) is 43.0 Å². The van der Waals surface area contributed by atoms with Gasteiger partial charge in [0.15, 0.2) is 0 Å². The van der Waals surface area contributed by atoms with Gasteiger partial charge in [0, 0.05) is 25.7 Å². The number of hydrogen-bond donors (Lipinski definition) is 2. The van der Waals surface area contributed by atoms with Crippen LogP contribution in [0.3, 0.4) is 0 Å². The van der Waals surface area contributed by atoms with Gasteiger partial charge in [-0.05, 0) is 20.4 Å². The molecule has 1 unspecified atom stereocenters. The van der Waals surface area contributed by atoms with Gasteiger partial charge >= 0.3 is 6.03 Å². The molecular weight excluding hydrogens is 190 g/mol. The van der Waals surface area contributed by atoms with Crippen molar-refractivity contribution in [1.82, 2.24) is 15.5 Å². The van der Waals surface area contributed by atoms with Crippen molar-refractivity contribution in [3.8, 4) is 0 Å². The van der Waals surface area contributed by atoms with Crippen molar-refractivity contribution in [2.75, 3.05) is 26.7 Å². The largest absolute Gasteiger partial charge is 0.337 e. The Balaban J connectivity index is 3.52. The summed E-state index contributed by atoms with van der Waals surface area (Å²) in [6.45, 7) is 9.91. The highest BCUT2D eigenvalue weighted by Crippen LogP contribution is 1.97. The fourth-order valence-corrected chi connectivity index (χ4v) is 1.11. The average Bonchev–Trinajstić information content (AvgIpc) is 2.24. The van der Waals surface area contributed by atoms with E-state index in [1.54, 1.807) is 6.08 Å². The van der Waals surface area contributed by atoms with Gasteiger partial charge in [-0.3, -0.25) is 0 Å². The quantitative estimate of drug-likeness (QED) is 0.624. The molecule has 0 aromatic rings. The van der Waals surface area contributed by atoms with Gasteiger partial charge in [-0.1, -0.05) is 13.0 Å². The minimum absolute atomic E-state index is 0.132. The first-order valence-corrected chi connectivity index (χ1v) is 5.44. The Morgan fingerprint density at radius 1 is 1.53 bits per heavy atom. The second kappa shape index (κ2) is 8.29. The van der Waals surface area contributed by atoms with Crippen molar-refractivity contribution in [2.45, 2.75) is 26.3 Å². The van der Waals surface area contributed by atoms with Crippen LogP contribution in [-0.4, -0.2) is 43.7 Å². The number of nitrogens with zero attached hydrogens (tertiary/aromatic N) is 1. The lowest BCUT2D eigenvalue weighted by Gasteiger charge is -2.23. The molecule has 0 aliphatic carbocycles. The zero-order valence-corrected chi connectivity index (χ0v) is 10.0. The number of amides is 2. The summed E-state index contributed by atoms with van der Waals surface area (Å²) in [6, 6.07) is 0.426. The SMILES string of the molecule is C=CCNC(=O)NCCN(C)C(C)CC. The Hall–Kier alpha value is -1.03. The molecule has 0 fully saturated rings. The van der Waals surface area contributed by atoms with Crippen LogP contribution in [0.15, 0.2) is 12.7 Å². The summed E-state index contributed by atoms with van der Waals surface area (Å²) < 4.78 is 0. The molecule has 88 valence electrons. The number of rotatable bonds is 7. The molecule has 1 atom stereocenters. The predicted octanol–water partition coefficient (Wildman–Crippen LogP) is 1.20. The van der Waals surface area contributed by atoms with Gasteiger partial charge in [-0.2, -0.15) is 0 Å². The number of likely N-dealkylation sites (N-methyl/N-ethyl adjacent to an activating group) is 1. The number of urea groups is 1. The van der Waals surface area contributed by atoms with Crippen molar-refractivity contribution in [1.29, 1.82) is 0 Å². The van der Waals surface area contributed by atoms with Crippen LogP contribution in [0.25, 0.3) is 0 Å². The molecule has 15 heavy (non-hydrogen) atoms. The van der Waals surface area contributed by atoms with E-state index in [9.17, 15) is 4.79 Å². The third kappa shape index (κ3) is 6.96. The van der Waals surface area contributed by atoms with Crippen LogP contribution >= 0.6 is 0 Å². The summed E-state index contributed by atoms with van der Waals surface area (Å²) in [5, 5.41) is 5.45. The van der Waals surface area contributed by atoms with E-state index in [0.29, 0.717) is 19.1 Å². The third-order valence-corrected chi connectivity index (χ3v) is 2.50. The fourth-order valence-electron chi connectivity index (χ4n) is 1.11. The van der Waals surface area contributed by atoms with E-state index >= 15 is 0 Å². The molecule has 0 saturated heterocycles. The van der Waals surface area contributed by atoms with Crippen LogP contribution in [0, 0.1) is 0 Å². The third-order valence-electron chi connectivity index (χ3n) is 2.50. The number of carbonyl (C=O) groups excluding carboxylic acids is 1. The molecule has 0 radical (unpaired) electrons. The van der Waals surface area contributed by atoms with E-state index in [4.69, 9.17) is 0 Å². The lowest BCUT2D eigenvalue weighted by Crippen LogP contribution is -2.41. The predicted molar refractivity (Wildman–Crippen MR) is 64.0 cm³/mol. The van der Waals surface area contributed by atoms with Gasteiger partial charge in [0.25, 0.3) is 0 Å². The molecular formula is C11H23N3O. The summed E-state index contributed by atoms with van der Waals surface area (Å²) in [6.07, 6.45) is 2.78. The Morgan fingerprint density at radius 3 is 2.73 bits per heavy atom. The van der Waals surface area contributed by atoms with Gasteiger partial charge in [0.05, 0.1) is 0 Å². The maximum absolute atomic E-state index is 11.1. The molecule has 0 rings (SSSR count). The summed E-state index contributed by atoms with van der Waals surface area (Å²) in [4.78, 5) is 13.4. The van der Waals surface area contributed by atoms with Crippen LogP contribution < -0.4 is 10.6 Å². The topological polar surface area (TPSA) is 44.4 Å². The summed E-state index contributed by atoms with van der Waals surface area (Å²) in [7, 11) is 2.07. The average molecular weight is 213 g/mol. The normalized spacial score (nSPS) is 12.3. The van der Waals surface area contributed by atoms with Crippen molar-refractivity contribution in [3.05, 3.63) is 12.7 Å². The lowest BCUT2D eigenvalue weighted by molar-refractivity contribution is 0.231. The first-order chi connectivity index (χ1) is 7.11. The Kier molecular flexibility index (Phi) is 7.72. The maximum atomic E-state index is 11.1. The van der Waals surface area contributed by atoms with Crippen LogP contribution in [0.2, 0.25) is 0 Å². The van der Waals surface area contributed by atoms with Crippen molar-refractivity contribution >= 4 is 6.03 Å². The Bertz CT molecular complexity index is 194. The Labute approximate surface area is 92.7 Å². The van der Waals surface area contributed by atoms with E-state index in [0.717, 1.165) is 13.0 Å². The highest BCUT2D eigenvalue weighted by atomic mass is 16.2. The second-order valence-corrected chi connectivity index (χ2v) is 3.66. The molecule has 0 aliphatic heterocycles. The van der Waals surface area contributed by atoms with E-state index in [1.807, 2.05) is 0 Å². The highest BCUT2D eigenvalue weighted by molar-refractivity contribution is 5.73. The summed E-state index contributed by atoms with van der Waals surface area (Å²) >= 11 is 0. The molecule has 4 heteroatoms. The molecule has 0 aliphatic rings. The van der Waals surface area contributed by atoms with Crippen molar-refractivity contribution in [3.63, 3.8) is 0 Å². The first kappa shape index (κ1) is 14.0. The molecule has 2 N–H and O–H groups in total. The zero-order valence-electron chi connectivity index (χ0n) is 10.0. The molecule has 0 heterocycles. The maximum Gasteiger partial charge on any atom is 0.315 e. The van der Waals surface area contributed by atoms with Crippen LogP contribution in [0.1, 0.15) is 20.3 Å². The Morgan fingerprint density at radius 2 is 2.20 bits per heavy atom. The molecule has 2 amide bonds. The summed E-state index contributed by atoms with van der Waals surface area (Å²) in [5.74, 6) is 0. The molecule has 0 spiro atoms. The standard InChI is InChI=1S/C11H23N3O/c1-5-7-12-11(15)13-8-9-14(4)10(3)6-2/h5,10H,1,6-9H2,2-4H3,(H2,12,13,15). The van der Waals surface area contributed by atoms with Crippen LogP contribution in [0.4, 0.5) is 4.79 Å². The van der Waals surface area contributed by atoms with Gasteiger partial charge < -0.3 is 15.5 Å². The molecule has 0 bridgehead atoms. The van der Waals surface area contributed by atoms with Crippen molar-refractivity contribution in [2.24, 2.45) is 0 Å². The van der Waals surface area contributed by atoms with Crippen LogP contribution in [-0.2, 0) is 0 Å². The minimum atomic E-state index is -0.132. The lowest BCUT2D eigenvalue weighted by atomic mass is 10.2. The van der Waals surface area contributed by atoms with E-state index in [1.165, 1.54) is 0 Å². The van der Waals surface area contributed by atoms with E-state index < -0.39 is 0 Å². The van der Waals surface area contributed by atoms with E-state index in [-0.39, 0.29) is 6.03 Å². The second-order valence-electron chi connectivity index (χ2n) is 3.66. The summed E-state index contributed by atoms with van der Waals surface area (Å²) in [5.41, 5.74) is 0. The van der Waals surface area contributed by atoms with Gasteiger partial charge in [0.2, 0.25) is 0 Å². The van der Waals surface area contributed by atoms with Crippen molar-refractivity contribution < 1.29 is 4.79 Å². The van der Waals surface area contributed by atoms with Gasteiger partial charge in [-0.15, -0.1) is 6.58 Å². The molecule has 4 nitrogen and oxygen atoms in total. The zero-order chi connectivity index (χ0) is 11.7. The molecule has 0 aromatic carbocycles. The fraction of sp³-hybridized carbons (Fsp3) is 0.727. The number of hydrogen-bond acceptors (Lipinski definition) is 2. The monoisotopic (exact) mass is 213 g/mol.